The van der Waals surface area contributed by atoms with E-state index in [1.54, 1.807) is 29.4 Å². The molecule has 2 fully saturated rings. The number of hydrogen-bond acceptors (Lipinski definition) is 6. The lowest BCUT2D eigenvalue weighted by Crippen LogP contribution is -2.65. The first-order chi connectivity index (χ1) is 14.1. The number of aryl methyl sites for hydroxylation is 1. The smallest absolute Gasteiger partial charge is 0.259 e. The summed E-state index contributed by atoms with van der Waals surface area (Å²) in [5.41, 5.74) is 1.21. The van der Waals surface area contributed by atoms with E-state index in [9.17, 15) is 9.18 Å². The van der Waals surface area contributed by atoms with Crippen LogP contribution < -0.4 is 4.90 Å². The lowest BCUT2D eigenvalue weighted by atomic mass is 9.82. The van der Waals surface area contributed by atoms with Crippen LogP contribution in [0.15, 0.2) is 43.0 Å². The number of hydrogen-bond donors (Lipinski definition) is 0. The minimum Gasteiger partial charge on any atom is -0.350 e. The summed E-state index contributed by atoms with van der Waals surface area (Å²) in [6, 6.07) is 4.68. The predicted molar refractivity (Wildman–Crippen MR) is 103 cm³/mol. The van der Waals surface area contributed by atoms with E-state index in [0.29, 0.717) is 24.7 Å². The lowest BCUT2D eigenvalue weighted by Gasteiger charge is -2.53. The van der Waals surface area contributed by atoms with Gasteiger partial charge in [-0.05, 0) is 25.5 Å². The molecule has 0 N–H and O–H groups in total. The number of halogens is 1. The second-order valence-electron chi connectivity index (χ2n) is 7.49. The van der Waals surface area contributed by atoms with Gasteiger partial charge in [-0.25, -0.2) is 9.37 Å². The average molecular weight is 393 g/mol. The minimum absolute atomic E-state index is 0.00312. The maximum absolute atomic E-state index is 14.7. The molecule has 2 atom stereocenters. The number of benzene rings is 1. The highest BCUT2D eigenvalue weighted by molar-refractivity contribution is 5.98. The average Bonchev–Trinajstić information content (AvgIpc) is 3.23. The zero-order valence-corrected chi connectivity index (χ0v) is 15.9. The fourth-order valence-electron chi connectivity index (χ4n) is 4.22. The van der Waals surface area contributed by atoms with E-state index in [2.05, 4.69) is 25.1 Å². The summed E-state index contributed by atoms with van der Waals surface area (Å²) in [6.45, 7) is 3.95. The van der Waals surface area contributed by atoms with Gasteiger partial charge in [0.15, 0.2) is 0 Å². The van der Waals surface area contributed by atoms with Gasteiger partial charge >= 0.3 is 0 Å². The van der Waals surface area contributed by atoms with Crippen molar-refractivity contribution < 1.29 is 9.18 Å². The molecule has 9 heteroatoms. The normalized spacial score (nSPS) is 20.9. The van der Waals surface area contributed by atoms with Crippen molar-refractivity contribution in [2.24, 2.45) is 5.92 Å². The molecular formula is C20H20FN7O. The molecule has 0 bridgehead atoms. The minimum atomic E-state index is -0.568. The van der Waals surface area contributed by atoms with E-state index >= 15 is 0 Å². The number of carbonyl (C=O) groups is 1. The van der Waals surface area contributed by atoms with Crippen LogP contribution in [-0.2, 0) is 0 Å². The van der Waals surface area contributed by atoms with Gasteiger partial charge < -0.3 is 9.80 Å². The molecule has 2 aliphatic rings. The summed E-state index contributed by atoms with van der Waals surface area (Å²) in [4.78, 5) is 27.2. The van der Waals surface area contributed by atoms with Crippen LogP contribution >= 0.6 is 0 Å². The molecule has 0 unspecified atom stereocenters. The molecule has 3 aromatic rings. The maximum Gasteiger partial charge on any atom is 0.259 e. The van der Waals surface area contributed by atoms with Crippen molar-refractivity contribution in [2.45, 2.75) is 19.4 Å². The van der Waals surface area contributed by atoms with Gasteiger partial charge in [0.1, 0.15) is 22.9 Å². The van der Waals surface area contributed by atoms with E-state index in [-0.39, 0.29) is 17.5 Å². The van der Waals surface area contributed by atoms with E-state index in [4.69, 9.17) is 0 Å². The number of likely N-dealkylation sites (tertiary alicyclic amines) is 1. The molecule has 2 aliphatic heterocycles. The van der Waals surface area contributed by atoms with Gasteiger partial charge in [0.2, 0.25) is 0 Å². The quantitative estimate of drug-likeness (QED) is 0.676. The summed E-state index contributed by atoms with van der Waals surface area (Å²) >= 11 is 0. The number of carbonyl (C=O) groups excluding carboxylic acids is 1. The van der Waals surface area contributed by atoms with Crippen LogP contribution in [-0.4, -0.2) is 61.4 Å². The van der Waals surface area contributed by atoms with Crippen LogP contribution in [0.25, 0.3) is 5.69 Å². The van der Waals surface area contributed by atoms with Gasteiger partial charge in [-0.15, -0.1) is 0 Å². The summed E-state index contributed by atoms with van der Waals surface area (Å²) in [5.74, 6) is 0.431. The molecule has 0 radical (unpaired) electrons. The predicted octanol–water partition coefficient (Wildman–Crippen LogP) is 1.86. The zero-order chi connectivity index (χ0) is 20.0. The fourth-order valence-corrected chi connectivity index (χ4v) is 4.22. The Hall–Kier alpha value is -3.36. The highest BCUT2D eigenvalue weighted by Crippen LogP contribution is 2.36. The molecule has 0 aliphatic carbocycles. The van der Waals surface area contributed by atoms with Crippen LogP contribution in [0.1, 0.15) is 22.5 Å². The Labute approximate surface area is 167 Å². The third-order valence-corrected chi connectivity index (χ3v) is 5.72. The zero-order valence-electron chi connectivity index (χ0n) is 15.9. The van der Waals surface area contributed by atoms with Crippen molar-refractivity contribution in [2.75, 3.05) is 24.5 Å². The second kappa shape index (κ2) is 6.91. The lowest BCUT2D eigenvalue weighted by molar-refractivity contribution is 0.0586. The van der Waals surface area contributed by atoms with Crippen LogP contribution in [0.4, 0.5) is 10.2 Å². The molecular weight excluding hydrogens is 373 g/mol. The van der Waals surface area contributed by atoms with Crippen LogP contribution in [0.2, 0.25) is 0 Å². The Kier molecular flexibility index (Phi) is 4.22. The van der Waals surface area contributed by atoms with Crippen molar-refractivity contribution in [3.8, 4) is 5.69 Å². The number of amides is 1. The monoisotopic (exact) mass is 393 g/mol. The molecule has 1 amide bonds. The molecule has 1 aromatic carbocycles. The molecule has 2 saturated heterocycles. The summed E-state index contributed by atoms with van der Waals surface area (Å²) in [6.07, 6.45) is 7.36. The molecule has 0 spiro atoms. The van der Waals surface area contributed by atoms with Crippen molar-refractivity contribution in [1.82, 2.24) is 29.9 Å². The van der Waals surface area contributed by atoms with Crippen LogP contribution in [0, 0.1) is 18.7 Å². The molecule has 8 nitrogen and oxygen atoms in total. The van der Waals surface area contributed by atoms with Gasteiger partial charge in [0.05, 0.1) is 30.3 Å². The van der Waals surface area contributed by atoms with Crippen molar-refractivity contribution in [3.63, 3.8) is 0 Å². The Morgan fingerprint density at radius 1 is 1.17 bits per heavy atom. The number of fused-ring (bicyclic) bond motifs is 1. The van der Waals surface area contributed by atoms with E-state index < -0.39 is 5.82 Å². The Balaban J connectivity index is 1.41. The number of aromatic nitrogens is 5. The van der Waals surface area contributed by atoms with E-state index in [0.717, 1.165) is 24.5 Å². The highest BCUT2D eigenvalue weighted by atomic mass is 19.1. The number of nitrogens with zero attached hydrogens (tertiary/aromatic N) is 7. The second-order valence-corrected chi connectivity index (χ2v) is 7.49. The Bertz CT molecular complexity index is 1050. The fraction of sp³-hybridized carbons (Fsp3) is 0.350. The van der Waals surface area contributed by atoms with Gasteiger partial charge in [-0.3, -0.25) is 9.78 Å². The molecule has 29 heavy (non-hydrogen) atoms. The van der Waals surface area contributed by atoms with Gasteiger partial charge in [-0.1, -0.05) is 6.07 Å². The Morgan fingerprint density at radius 3 is 2.79 bits per heavy atom. The number of anilines is 1. The Morgan fingerprint density at radius 2 is 2.00 bits per heavy atom. The maximum atomic E-state index is 14.7. The highest BCUT2D eigenvalue weighted by Gasteiger charge is 2.44. The molecule has 2 aromatic heterocycles. The van der Waals surface area contributed by atoms with E-state index in [1.807, 2.05) is 6.92 Å². The third-order valence-electron chi connectivity index (χ3n) is 5.72. The molecule has 5 rings (SSSR count). The number of rotatable bonds is 3. The standard InChI is InChI=1S/C20H20FN7O/c1-13-9-22-10-18(25-13)27-11-14-5-8-26(12-17(14)27)20(29)19-15(21)3-2-4-16(19)28-23-6-7-24-28/h2-4,6-7,9-10,14,17H,5,8,11-12H2,1H3/t14-,17-/m0/s1. The molecule has 4 heterocycles. The van der Waals surface area contributed by atoms with Gasteiger partial charge in [-0.2, -0.15) is 15.0 Å². The first-order valence-electron chi connectivity index (χ1n) is 9.61. The van der Waals surface area contributed by atoms with Crippen molar-refractivity contribution in [1.29, 1.82) is 0 Å². The van der Waals surface area contributed by atoms with Crippen LogP contribution in [0.3, 0.4) is 0 Å². The van der Waals surface area contributed by atoms with Crippen molar-refractivity contribution >= 4 is 11.7 Å². The topological polar surface area (TPSA) is 80.0 Å². The number of piperidine rings is 1. The summed E-state index contributed by atoms with van der Waals surface area (Å²) in [7, 11) is 0. The van der Waals surface area contributed by atoms with Gasteiger partial charge in [0.25, 0.3) is 5.91 Å². The third kappa shape index (κ3) is 3.02. The largest absolute Gasteiger partial charge is 0.350 e. The van der Waals surface area contributed by atoms with Crippen LogP contribution in [0.5, 0.6) is 0 Å². The SMILES string of the molecule is Cc1cncc(N2C[C@@H]3CCN(C(=O)c4c(F)cccc4-n4nccn4)C[C@@H]32)n1. The van der Waals surface area contributed by atoms with Crippen molar-refractivity contribution in [3.05, 3.63) is 60.1 Å². The first-order valence-corrected chi connectivity index (χ1v) is 9.61. The summed E-state index contributed by atoms with van der Waals surface area (Å²) < 4.78 is 14.7. The van der Waals surface area contributed by atoms with E-state index in [1.165, 1.54) is 23.3 Å². The molecule has 148 valence electrons. The first kappa shape index (κ1) is 17.7. The van der Waals surface area contributed by atoms with Gasteiger partial charge in [0, 0.05) is 31.7 Å². The summed E-state index contributed by atoms with van der Waals surface area (Å²) in [5, 5.41) is 8.12. The molecule has 0 saturated carbocycles.